The molecule has 1 aliphatic rings. The first-order chi connectivity index (χ1) is 12.5. The van der Waals surface area contributed by atoms with Crippen molar-refractivity contribution in [3.05, 3.63) is 63.5 Å². The van der Waals surface area contributed by atoms with E-state index in [1.54, 1.807) is 13.0 Å². The molecule has 3 rings (SSSR count). The van der Waals surface area contributed by atoms with Gasteiger partial charge in [-0.2, -0.15) is 0 Å². The Kier molecular flexibility index (Phi) is 5.37. The summed E-state index contributed by atoms with van der Waals surface area (Å²) in [4.78, 5) is 25.4. The highest BCUT2D eigenvalue weighted by Crippen LogP contribution is 2.25. The number of carbonyl (C=O) groups is 1. The molecule has 1 amide bonds. The number of nitrogens with zero attached hydrogens (tertiary/aromatic N) is 3. The third-order valence-corrected chi connectivity index (χ3v) is 5.02. The molecule has 1 saturated heterocycles. The summed E-state index contributed by atoms with van der Waals surface area (Å²) >= 11 is 0. The van der Waals surface area contributed by atoms with Crippen molar-refractivity contribution in [1.82, 2.24) is 14.8 Å². The fourth-order valence-corrected chi connectivity index (χ4v) is 3.59. The van der Waals surface area contributed by atoms with Crippen LogP contribution in [-0.4, -0.2) is 39.9 Å². The number of likely N-dealkylation sites (tertiary alicyclic amines) is 1. The highest BCUT2D eigenvalue weighted by Gasteiger charge is 2.26. The normalized spacial score (nSPS) is 15.8. The quantitative estimate of drug-likeness (QED) is 0.637. The van der Waals surface area contributed by atoms with E-state index in [0.29, 0.717) is 17.7 Å². The number of aromatic nitrogens is 1. The number of rotatable bonds is 6. The summed E-state index contributed by atoms with van der Waals surface area (Å²) in [5.74, 6) is -0.207. The van der Waals surface area contributed by atoms with E-state index in [9.17, 15) is 14.9 Å². The molecule has 7 nitrogen and oxygen atoms in total. The summed E-state index contributed by atoms with van der Waals surface area (Å²) in [6.45, 7) is 4.21. The van der Waals surface area contributed by atoms with E-state index in [0.717, 1.165) is 13.1 Å². The second-order valence-electron chi connectivity index (χ2n) is 6.77. The van der Waals surface area contributed by atoms with Gasteiger partial charge in [-0.05, 0) is 57.1 Å². The molecule has 138 valence electrons. The number of amides is 1. The molecule has 2 aromatic rings. The number of hydrogen-bond donors (Lipinski definition) is 1. The van der Waals surface area contributed by atoms with Crippen LogP contribution in [0.4, 0.5) is 5.69 Å². The van der Waals surface area contributed by atoms with Crippen LogP contribution in [0.3, 0.4) is 0 Å². The molecule has 7 heteroatoms. The lowest BCUT2D eigenvalue weighted by atomic mass is 10.1. The second-order valence-corrected chi connectivity index (χ2v) is 6.77. The molecule has 0 saturated carbocycles. The Morgan fingerprint density at radius 2 is 2.04 bits per heavy atom. The number of nitro benzene ring substituents is 1. The van der Waals surface area contributed by atoms with Crippen molar-refractivity contribution in [2.24, 2.45) is 7.05 Å². The van der Waals surface area contributed by atoms with Crippen molar-refractivity contribution in [3.8, 4) is 0 Å². The van der Waals surface area contributed by atoms with Gasteiger partial charge in [-0.25, -0.2) is 0 Å². The zero-order valence-corrected chi connectivity index (χ0v) is 15.1. The molecule has 1 N–H and O–H groups in total. The maximum atomic E-state index is 12.5. The lowest BCUT2D eigenvalue weighted by Crippen LogP contribution is -2.37. The first-order valence-electron chi connectivity index (χ1n) is 8.86. The van der Waals surface area contributed by atoms with Crippen LogP contribution in [0.15, 0.2) is 36.5 Å². The van der Waals surface area contributed by atoms with E-state index < -0.39 is 4.92 Å². The van der Waals surface area contributed by atoms with Crippen LogP contribution in [-0.2, 0) is 7.05 Å². The molecule has 26 heavy (non-hydrogen) atoms. The summed E-state index contributed by atoms with van der Waals surface area (Å²) in [7, 11) is 2.01. The SMILES string of the molecule is Cc1cc(C(=O)NCC(c2cccn2C)N2CCCC2)ccc1[N+](=O)[O-]. The Balaban J connectivity index is 1.72. The molecule has 0 radical (unpaired) electrons. The summed E-state index contributed by atoms with van der Waals surface area (Å²) in [5.41, 5.74) is 2.13. The largest absolute Gasteiger partial charge is 0.353 e. The minimum atomic E-state index is -0.435. The topological polar surface area (TPSA) is 80.4 Å². The molecule has 0 aliphatic carbocycles. The lowest BCUT2D eigenvalue weighted by Gasteiger charge is -2.28. The van der Waals surface area contributed by atoms with Gasteiger partial charge in [0.15, 0.2) is 0 Å². The average Bonchev–Trinajstić information content (AvgIpc) is 3.27. The monoisotopic (exact) mass is 356 g/mol. The maximum Gasteiger partial charge on any atom is 0.272 e. The third-order valence-electron chi connectivity index (χ3n) is 5.02. The van der Waals surface area contributed by atoms with E-state index >= 15 is 0 Å². The van der Waals surface area contributed by atoms with Crippen LogP contribution in [0.1, 0.15) is 40.5 Å². The standard InChI is InChI=1S/C19H24N4O3/c1-14-12-15(7-8-16(14)23(25)26)19(24)20-13-18(22-10-3-4-11-22)17-6-5-9-21(17)2/h5-9,12,18H,3-4,10-11,13H2,1-2H3,(H,20,24). The van der Waals surface area contributed by atoms with Gasteiger partial charge in [0.05, 0.1) is 11.0 Å². The summed E-state index contributed by atoms with van der Waals surface area (Å²) in [5, 5.41) is 13.9. The highest BCUT2D eigenvalue weighted by molar-refractivity contribution is 5.94. The van der Waals surface area contributed by atoms with Crippen LogP contribution in [0.2, 0.25) is 0 Å². The molecule has 0 spiro atoms. The van der Waals surface area contributed by atoms with E-state index in [4.69, 9.17) is 0 Å². The molecular weight excluding hydrogens is 332 g/mol. The predicted molar refractivity (Wildman–Crippen MR) is 99.1 cm³/mol. The Bertz CT molecular complexity index is 809. The first kappa shape index (κ1) is 18.1. The van der Waals surface area contributed by atoms with Crippen molar-refractivity contribution in [1.29, 1.82) is 0 Å². The van der Waals surface area contributed by atoms with Gasteiger partial charge in [0, 0.05) is 42.7 Å². The summed E-state index contributed by atoms with van der Waals surface area (Å²) in [6.07, 6.45) is 4.37. The van der Waals surface area contributed by atoms with E-state index in [2.05, 4.69) is 20.9 Å². The maximum absolute atomic E-state index is 12.5. The van der Waals surface area contributed by atoms with E-state index in [1.807, 2.05) is 19.3 Å². The van der Waals surface area contributed by atoms with Gasteiger partial charge < -0.3 is 9.88 Å². The van der Waals surface area contributed by atoms with Gasteiger partial charge in [0.25, 0.3) is 11.6 Å². The first-order valence-corrected chi connectivity index (χ1v) is 8.86. The van der Waals surface area contributed by atoms with Gasteiger partial charge in [-0.3, -0.25) is 19.8 Å². The van der Waals surface area contributed by atoms with Gasteiger partial charge in [0.1, 0.15) is 0 Å². The fourth-order valence-electron chi connectivity index (χ4n) is 3.59. The van der Waals surface area contributed by atoms with Crippen molar-refractivity contribution in [3.63, 3.8) is 0 Å². The molecular formula is C19H24N4O3. The highest BCUT2D eigenvalue weighted by atomic mass is 16.6. The Hall–Kier alpha value is -2.67. The van der Waals surface area contributed by atoms with Crippen molar-refractivity contribution in [2.45, 2.75) is 25.8 Å². The van der Waals surface area contributed by atoms with E-state index in [-0.39, 0.29) is 17.6 Å². The molecule has 1 aromatic carbocycles. The van der Waals surface area contributed by atoms with Gasteiger partial charge in [-0.1, -0.05) is 0 Å². The number of nitrogens with one attached hydrogen (secondary N) is 1. The van der Waals surface area contributed by atoms with Crippen LogP contribution >= 0.6 is 0 Å². The number of hydrogen-bond acceptors (Lipinski definition) is 4. The third kappa shape index (κ3) is 3.77. The van der Waals surface area contributed by atoms with Crippen LogP contribution in [0.25, 0.3) is 0 Å². The Labute approximate surface area is 152 Å². The zero-order valence-electron chi connectivity index (χ0n) is 15.1. The number of nitro groups is 1. The molecule has 1 aromatic heterocycles. The molecule has 1 unspecified atom stereocenters. The summed E-state index contributed by atoms with van der Waals surface area (Å²) in [6, 6.07) is 8.69. The molecule has 1 fully saturated rings. The predicted octanol–water partition coefficient (Wildman–Crippen LogP) is 2.81. The second kappa shape index (κ2) is 7.70. The Morgan fingerprint density at radius 3 is 2.62 bits per heavy atom. The van der Waals surface area contributed by atoms with Gasteiger partial charge >= 0.3 is 0 Å². The van der Waals surface area contributed by atoms with E-state index in [1.165, 1.54) is 30.7 Å². The average molecular weight is 356 g/mol. The van der Waals surface area contributed by atoms with Gasteiger partial charge in [0.2, 0.25) is 0 Å². The molecule has 2 heterocycles. The van der Waals surface area contributed by atoms with Crippen molar-refractivity contribution < 1.29 is 9.72 Å². The molecule has 1 atom stereocenters. The zero-order chi connectivity index (χ0) is 18.7. The molecule has 1 aliphatic heterocycles. The minimum Gasteiger partial charge on any atom is -0.353 e. The van der Waals surface area contributed by atoms with Crippen molar-refractivity contribution in [2.75, 3.05) is 19.6 Å². The van der Waals surface area contributed by atoms with Crippen LogP contribution < -0.4 is 5.32 Å². The summed E-state index contributed by atoms with van der Waals surface area (Å²) < 4.78 is 2.09. The minimum absolute atomic E-state index is 0.0281. The number of aryl methyl sites for hydroxylation is 2. The fraction of sp³-hybridized carbons (Fsp3) is 0.421. The Morgan fingerprint density at radius 1 is 1.31 bits per heavy atom. The van der Waals surface area contributed by atoms with Crippen LogP contribution in [0, 0.1) is 17.0 Å². The van der Waals surface area contributed by atoms with Crippen molar-refractivity contribution >= 4 is 11.6 Å². The number of carbonyl (C=O) groups excluding carboxylic acids is 1. The number of benzene rings is 1. The van der Waals surface area contributed by atoms with Crippen LogP contribution in [0.5, 0.6) is 0 Å². The van der Waals surface area contributed by atoms with Gasteiger partial charge in [-0.15, -0.1) is 0 Å². The smallest absolute Gasteiger partial charge is 0.272 e. The molecule has 0 bridgehead atoms. The lowest BCUT2D eigenvalue weighted by molar-refractivity contribution is -0.385.